The van der Waals surface area contributed by atoms with Crippen molar-refractivity contribution in [3.05, 3.63) is 0 Å². The van der Waals surface area contributed by atoms with E-state index in [0.29, 0.717) is 6.42 Å². The largest absolute Gasteiger partial charge is 0.480 e. The fraction of sp³-hybridized carbons (Fsp3) is 0.688. The van der Waals surface area contributed by atoms with Crippen molar-refractivity contribution < 1.29 is 34.5 Å². The molecule has 14 nitrogen and oxygen atoms in total. The summed E-state index contributed by atoms with van der Waals surface area (Å²) in [7, 11) is 0. The van der Waals surface area contributed by atoms with Crippen molar-refractivity contribution in [2.24, 2.45) is 22.2 Å². The van der Waals surface area contributed by atoms with Crippen LogP contribution in [0.3, 0.4) is 0 Å². The average molecular weight is 433 g/mol. The lowest BCUT2D eigenvalue weighted by atomic mass is 10.1. The van der Waals surface area contributed by atoms with Gasteiger partial charge < -0.3 is 48.5 Å². The highest BCUT2D eigenvalue weighted by Crippen LogP contribution is 2.00. The van der Waals surface area contributed by atoms with Gasteiger partial charge in [-0.3, -0.25) is 19.4 Å². The molecular formula is C16H31N7O7. The van der Waals surface area contributed by atoms with E-state index in [9.17, 15) is 24.3 Å². The maximum Gasteiger partial charge on any atom is 0.328 e. The number of carboxylic acid groups (broad SMARTS) is 1. The van der Waals surface area contributed by atoms with Gasteiger partial charge in [-0.2, -0.15) is 0 Å². The van der Waals surface area contributed by atoms with Crippen LogP contribution >= 0.6 is 0 Å². The third-order valence-corrected chi connectivity index (χ3v) is 3.92. The van der Waals surface area contributed by atoms with Crippen LogP contribution in [-0.2, 0) is 19.2 Å². The molecule has 12 N–H and O–H groups in total. The highest BCUT2D eigenvalue weighted by Gasteiger charge is 2.30. The van der Waals surface area contributed by atoms with Crippen LogP contribution in [0.4, 0.5) is 0 Å². The first-order chi connectivity index (χ1) is 13.9. The Hall–Kier alpha value is -2.97. The van der Waals surface area contributed by atoms with Gasteiger partial charge >= 0.3 is 5.97 Å². The molecule has 0 bridgehead atoms. The van der Waals surface area contributed by atoms with E-state index in [1.165, 1.54) is 13.8 Å². The third kappa shape index (κ3) is 9.99. The minimum atomic E-state index is -1.54. The van der Waals surface area contributed by atoms with E-state index in [0.717, 1.165) is 0 Å². The molecule has 0 aromatic heterocycles. The summed E-state index contributed by atoms with van der Waals surface area (Å²) >= 11 is 0. The topological polar surface area (TPSA) is 255 Å². The summed E-state index contributed by atoms with van der Waals surface area (Å²) in [4.78, 5) is 51.1. The maximum absolute atomic E-state index is 12.4. The van der Waals surface area contributed by atoms with Crippen molar-refractivity contribution in [3.8, 4) is 0 Å². The van der Waals surface area contributed by atoms with Gasteiger partial charge in [0.2, 0.25) is 17.7 Å². The molecule has 0 saturated heterocycles. The fourth-order valence-corrected chi connectivity index (χ4v) is 2.17. The van der Waals surface area contributed by atoms with Crippen molar-refractivity contribution in [2.75, 3.05) is 13.2 Å². The minimum Gasteiger partial charge on any atom is -0.480 e. The number of carboxylic acids is 1. The molecule has 172 valence electrons. The van der Waals surface area contributed by atoms with Gasteiger partial charge in [-0.15, -0.1) is 0 Å². The molecule has 5 unspecified atom stereocenters. The Morgan fingerprint density at radius 3 is 2.07 bits per heavy atom. The number of carbonyl (C=O) groups is 4. The van der Waals surface area contributed by atoms with Crippen LogP contribution in [0.2, 0.25) is 0 Å². The van der Waals surface area contributed by atoms with Crippen molar-refractivity contribution in [1.29, 1.82) is 0 Å². The molecule has 0 spiro atoms. The molecule has 0 saturated carbocycles. The van der Waals surface area contributed by atoms with Crippen LogP contribution in [0, 0.1) is 0 Å². The lowest BCUT2D eigenvalue weighted by molar-refractivity contribution is -0.143. The minimum absolute atomic E-state index is 0.0920. The predicted molar refractivity (Wildman–Crippen MR) is 106 cm³/mol. The number of aliphatic imine (C=N–C) groups is 1. The number of aliphatic hydroxyl groups is 2. The van der Waals surface area contributed by atoms with Crippen LogP contribution in [0.25, 0.3) is 0 Å². The first-order valence-electron chi connectivity index (χ1n) is 9.14. The lowest BCUT2D eigenvalue weighted by Crippen LogP contribution is -2.59. The smallest absolute Gasteiger partial charge is 0.328 e. The van der Waals surface area contributed by atoms with Gasteiger partial charge in [-0.25, -0.2) is 4.79 Å². The predicted octanol–water partition coefficient (Wildman–Crippen LogP) is -4.70. The van der Waals surface area contributed by atoms with Gasteiger partial charge in [0.25, 0.3) is 0 Å². The number of hydrogen-bond donors (Lipinski definition) is 9. The molecule has 0 heterocycles. The van der Waals surface area contributed by atoms with E-state index in [4.69, 9.17) is 27.4 Å². The molecule has 0 aliphatic rings. The molecule has 5 atom stereocenters. The number of guanidine groups is 1. The number of nitrogens with zero attached hydrogens (tertiary/aromatic N) is 1. The number of amides is 3. The Morgan fingerprint density at radius 2 is 1.60 bits per heavy atom. The highest BCUT2D eigenvalue weighted by molar-refractivity contribution is 5.94. The van der Waals surface area contributed by atoms with E-state index in [2.05, 4.69) is 15.6 Å². The Balaban J connectivity index is 4.82. The zero-order valence-electron chi connectivity index (χ0n) is 16.9. The van der Waals surface area contributed by atoms with Crippen LogP contribution in [0.15, 0.2) is 4.99 Å². The zero-order valence-corrected chi connectivity index (χ0v) is 16.9. The number of rotatable bonds is 13. The third-order valence-electron chi connectivity index (χ3n) is 3.92. The lowest BCUT2D eigenvalue weighted by Gasteiger charge is -2.24. The first kappa shape index (κ1) is 27.0. The van der Waals surface area contributed by atoms with Gasteiger partial charge in [-0.05, 0) is 26.7 Å². The second-order valence-electron chi connectivity index (χ2n) is 6.59. The number of carbonyl (C=O) groups excluding carboxylic acids is 3. The number of nitrogens with one attached hydrogen (secondary N) is 3. The van der Waals surface area contributed by atoms with E-state index in [1.54, 1.807) is 0 Å². The summed E-state index contributed by atoms with van der Waals surface area (Å²) in [6.45, 7) is 1.95. The second kappa shape index (κ2) is 13.3. The molecule has 0 aromatic carbocycles. The Labute approximate surface area is 173 Å². The molecule has 0 aliphatic carbocycles. The molecule has 0 fully saturated rings. The summed E-state index contributed by atoms with van der Waals surface area (Å²) in [5.74, 6) is -4.01. The Bertz CT molecular complexity index is 637. The quantitative estimate of drug-likeness (QED) is 0.0761. The summed E-state index contributed by atoms with van der Waals surface area (Å²) < 4.78 is 0. The molecule has 0 aromatic rings. The molecule has 14 heteroatoms. The molecule has 3 amide bonds. The van der Waals surface area contributed by atoms with Crippen molar-refractivity contribution in [2.45, 2.75) is 57.0 Å². The van der Waals surface area contributed by atoms with E-state index >= 15 is 0 Å². The van der Waals surface area contributed by atoms with Gasteiger partial charge in [-0.1, -0.05) is 0 Å². The van der Waals surface area contributed by atoms with Crippen LogP contribution in [-0.4, -0.2) is 88.4 Å². The van der Waals surface area contributed by atoms with Gasteiger partial charge in [0, 0.05) is 6.54 Å². The van der Waals surface area contributed by atoms with E-state index < -0.39 is 60.6 Å². The summed E-state index contributed by atoms with van der Waals surface area (Å²) in [6, 6.07) is -5.15. The van der Waals surface area contributed by atoms with E-state index in [-0.39, 0.29) is 18.9 Å². The zero-order chi connectivity index (χ0) is 23.4. The van der Waals surface area contributed by atoms with Crippen LogP contribution in [0.5, 0.6) is 0 Å². The molecular weight excluding hydrogens is 402 g/mol. The molecule has 30 heavy (non-hydrogen) atoms. The van der Waals surface area contributed by atoms with Crippen molar-refractivity contribution >= 4 is 29.7 Å². The Kier molecular flexibility index (Phi) is 12.0. The number of hydrogen-bond acceptors (Lipinski definition) is 8. The van der Waals surface area contributed by atoms with Gasteiger partial charge in [0.1, 0.15) is 18.1 Å². The highest BCUT2D eigenvalue weighted by atomic mass is 16.4. The van der Waals surface area contributed by atoms with Crippen molar-refractivity contribution in [3.63, 3.8) is 0 Å². The maximum atomic E-state index is 12.4. The Morgan fingerprint density at radius 1 is 1.00 bits per heavy atom. The second-order valence-corrected chi connectivity index (χ2v) is 6.59. The van der Waals surface area contributed by atoms with Gasteiger partial charge in [0.05, 0.1) is 18.8 Å². The summed E-state index contributed by atoms with van der Waals surface area (Å²) in [5.41, 5.74) is 16.1. The number of aliphatic carboxylic acids is 1. The number of nitrogens with two attached hydrogens (primary N) is 3. The fourth-order valence-electron chi connectivity index (χ4n) is 2.17. The van der Waals surface area contributed by atoms with Crippen LogP contribution < -0.4 is 33.2 Å². The average Bonchev–Trinajstić information content (AvgIpc) is 2.65. The first-order valence-corrected chi connectivity index (χ1v) is 9.14. The van der Waals surface area contributed by atoms with E-state index in [1.807, 2.05) is 5.32 Å². The van der Waals surface area contributed by atoms with Crippen molar-refractivity contribution in [1.82, 2.24) is 16.0 Å². The monoisotopic (exact) mass is 433 g/mol. The van der Waals surface area contributed by atoms with Gasteiger partial charge in [0.15, 0.2) is 5.96 Å². The number of aliphatic hydroxyl groups excluding tert-OH is 2. The normalized spacial score (nSPS) is 15.6. The summed E-state index contributed by atoms with van der Waals surface area (Å²) in [5, 5.41) is 34.2. The molecule has 0 rings (SSSR count). The molecule has 0 aliphatic heterocycles. The molecule has 0 radical (unpaired) electrons. The standard InChI is InChI=1S/C16H31N7O7/c1-7(12(26)22-10(6-24)15(29)30)21-14(28)11(8(2)25)23-13(27)9(17)4-3-5-20-16(18)19/h7-11,24-25H,3-6,17H2,1-2H3,(H,21,28)(H,22,26)(H,23,27)(H,29,30)(H4,18,19,20). The summed E-state index contributed by atoms with van der Waals surface area (Å²) in [6.07, 6.45) is -0.694. The van der Waals surface area contributed by atoms with Crippen LogP contribution in [0.1, 0.15) is 26.7 Å². The SMILES string of the molecule is CC(NC(=O)C(NC(=O)C(N)CCCN=C(N)N)C(C)O)C(=O)NC(CO)C(=O)O.